The molecule has 32 heavy (non-hydrogen) atoms. The fourth-order valence-electron chi connectivity index (χ4n) is 4.42. The molecule has 1 saturated heterocycles. The van der Waals surface area contributed by atoms with E-state index >= 15 is 0 Å². The number of aliphatic hydroxyl groups excluding tert-OH is 1. The minimum absolute atomic E-state index is 0.208. The van der Waals surface area contributed by atoms with Crippen molar-refractivity contribution < 1.29 is 19.4 Å². The average molecular weight is 440 g/mol. The first-order valence-corrected chi connectivity index (χ1v) is 11.4. The SMILES string of the molecule is CC(C)(C)OCC(O)CN1CCN(CCN2C(=O)c3cccc4cccc(c34)C2=O)CC1. The Hall–Kier alpha value is -2.32. The molecule has 172 valence electrons. The number of benzene rings is 2. The predicted molar refractivity (Wildman–Crippen MR) is 124 cm³/mol. The van der Waals surface area contributed by atoms with Crippen molar-refractivity contribution >= 4 is 22.6 Å². The number of imide groups is 1. The number of hydrogen-bond acceptors (Lipinski definition) is 6. The third kappa shape index (κ3) is 5.02. The number of carbonyl (C=O) groups excluding carboxylic acids is 2. The van der Waals surface area contributed by atoms with Crippen LogP contribution in [0.4, 0.5) is 0 Å². The van der Waals surface area contributed by atoms with Crippen LogP contribution in [0.15, 0.2) is 36.4 Å². The van der Waals surface area contributed by atoms with E-state index in [4.69, 9.17) is 4.74 Å². The molecule has 2 aliphatic rings. The van der Waals surface area contributed by atoms with Gasteiger partial charge in [0.05, 0.1) is 18.3 Å². The van der Waals surface area contributed by atoms with Crippen LogP contribution >= 0.6 is 0 Å². The van der Waals surface area contributed by atoms with Crippen molar-refractivity contribution in [3.63, 3.8) is 0 Å². The van der Waals surface area contributed by atoms with Gasteiger partial charge >= 0.3 is 0 Å². The van der Waals surface area contributed by atoms with Gasteiger partial charge in [-0.25, -0.2) is 0 Å². The van der Waals surface area contributed by atoms with E-state index in [0.29, 0.717) is 37.4 Å². The van der Waals surface area contributed by atoms with Crippen molar-refractivity contribution in [3.8, 4) is 0 Å². The molecule has 1 fully saturated rings. The van der Waals surface area contributed by atoms with Crippen molar-refractivity contribution in [2.75, 3.05) is 52.4 Å². The number of rotatable bonds is 7. The Balaban J connectivity index is 1.29. The maximum Gasteiger partial charge on any atom is 0.261 e. The van der Waals surface area contributed by atoms with Crippen LogP contribution in [0.3, 0.4) is 0 Å². The van der Waals surface area contributed by atoms with Gasteiger partial charge in [0.25, 0.3) is 11.8 Å². The predicted octanol–water partition coefficient (Wildman–Crippen LogP) is 2.23. The molecule has 2 aliphatic heterocycles. The molecule has 2 aromatic carbocycles. The number of carbonyl (C=O) groups is 2. The van der Waals surface area contributed by atoms with E-state index in [-0.39, 0.29) is 17.4 Å². The fraction of sp³-hybridized carbons (Fsp3) is 0.520. The molecule has 0 bridgehead atoms. The molecule has 0 aliphatic carbocycles. The lowest BCUT2D eigenvalue weighted by Gasteiger charge is -2.37. The van der Waals surface area contributed by atoms with E-state index in [9.17, 15) is 14.7 Å². The van der Waals surface area contributed by atoms with Crippen molar-refractivity contribution in [2.24, 2.45) is 0 Å². The van der Waals surface area contributed by atoms with Gasteiger partial charge in [0.2, 0.25) is 0 Å². The zero-order valence-electron chi connectivity index (χ0n) is 19.2. The molecular weight excluding hydrogens is 406 g/mol. The summed E-state index contributed by atoms with van der Waals surface area (Å²) in [5, 5.41) is 11.9. The summed E-state index contributed by atoms with van der Waals surface area (Å²) < 4.78 is 5.67. The van der Waals surface area contributed by atoms with Gasteiger partial charge in [-0.1, -0.05) is 24.3 Å². The summed E-state index contributed by atoms with van der Waals surface area (Å²) in [4.78, 5) is 32.0. The van der Waals surface area contributed by atoms with Gasteiger partial charge < -0.3 is 9.84 Å². The monoisotopic (exact) mass is 439 g/mol. The Bertz CT molecular complexity index is 942. The second kappa shape index (κ2) is 9.27. The summed E-state index contributed by atoms with van der Waals surface area (Å²) in [6.07, 6.45) is -0.507. The Morgan fingerprint density at radius 3 is 2.03 bits per heavy atom. The van der Waals surface area contributed by atoms with Gasteiger partial charge in [-0.05, 0) is 38.3 Å². The van der Waals surface area contributed by atoms with Crippen molar-refractivity contribution in [3.05, 3.63) is 47.5 Å². The molecule has 4 rings (SSSR count). The van der Waals surface area contributed by atoms with Crippen molar-refractivity contribution in [2.45, 2.75) is 32.5 Å². The second-order valence-electron chi connectivity index (χ2n) is 9.69. The molecule has 0 spiro atoms. The molecule has 2 heterocycles. The van der Waals surface area contributed by atoms with Crippen LogP contribution in [0.25, 0.3) is 10.8 Å². The van der Waals surface area contributed by atoms with Crippen LogP contribution in [0.1, 0.15) is 41.5 Å². The number of hydrogen-bond donors (Lipinski definition) is 1. The van der Waals surface area contributed by atoms with Crippen LogP contribution in [-0.2, 0) is 4.74 Å². The van der Waals surface area contributed by atoms with Gasteiger partial charge in [-0.2, -0.15) is 0 Å². The first-order valence-electron chi connectivity index (χ1n) is 11.4. The highest BCUT2D eigenvalue weighted by atomic mass is 16.5. The number of piperazine rings is 1. The standard InChI is InChI=1S/C25H33N3O4/c1-25(2,3)32-17-19(29)16-27-12-10-26(11-13-27)14-15-28-23(30)20-8-4-6-18-7-5-9-21(22(18)20)24(28)31/h4-9,19,29H,10-17H2,1-3H3. The van der Waals surface area contributed by atoms with Crippen LogP contribution in [0.2, 0.25) is 0 Å². The molecule has 1 atom stereocenters. The average Bonchev–Trinajstić information content (AvgIpc) is 2.76. The molecule has 7 heteroatoms. The quantitative estimate of drug-likeness (QED) is 0.667. The minimum Gasteiger partial charge on any atom is -0.389 e. The Morgan fingerprint density at radius 1 is 0.906 bits per heavy atom. The molecule has 0 saturated carbocycles. The third-order valence-corrected chi connectivity index (χ3v) is 6.14. The van der Waals surface area contributed by atoms with Crippen LogP contribution in [-0.4, -0.2) is 95.7 Å². The lowest BCUT2D eigenvalue weighted by Crippen LogP contribution is -2.51. The molecule has 1 unspecified atom stereocenters. The van der Waals surface area contributed by atoms with E-state index in [1.54, 1.807) is 12.1 Å². The summed E-state index contributed by atoms with van der Waals surface area (Å²) in [5.41, 5.74) is 0.956. The zero-order chi connectivity index (χ0) is 22.9. The molecule has 2 aromatic rings. The number of amides is 2. The second-order valence-corrected chi connectivity index (χ2v) is 9.69. The first kappa shape index (κ1) is 22.9. The van der Waals surface area contributed by atoms with Crippen molar-refractivity contribution in [1.29, 1.82) is 0 Å². The lowest BCUT2D eigenvalue weighted by atomic mass is 9.94. The number of aliphatic hydroxyl groups is 1. The first-order chi connectivity index (χ1) is 15.2. The largest absolute Gasteiger partial charge is 0.389 e. The van der Waals surface area contributed by atoms with E-state index in [1.165, 1.54) is 4.90 Å². The molecule has 2 amide bonds. The van der Waals surface area contributed by atoms with E-state index in [2.05, 4.69) is 9.80 Å². The summed E-state index contributed by atoms with van der Waals surface area (Å²) in [6.45, 7) is 11.3. The summed E-state index contributed by atoms with van der Waals surface area (Å²) in [5.74, 6) is -0.417. The highest BCUT2D eigenvalue weighted by molar-refractivity contribution is 6.25. The highest BCUT2D eigenvalue weighted by Crippen LogP contribution is 2.29. The summed E-state index contributed by atoms with van der Waals surface area (Å²) in [6, 6.07) is 11.2. The Kier molecular flexibility index (Phi) is 6.62. The van der Waals surface area contributed by atoms with E-state index in [1.807, 2.05) is 45.0 Å². The van der Waals surface area contributed by atoms with Gasteiger partial charge in [-0.15, -0.1) is 0 Å². The summed E-state index contributed by atoms with van der Waals surface area (Å²) >= 11 is 0. The van der Waals surface area contributed by atoms with Gasteiger partial charge in [0, 0.05) is 62.3 Å². The third-order valence-electron chi connectivity index (χ3n) is 6.14. The molecule has 0 radical (unpaired) electrons. The van der Waals surface area contributed by atoms with Crippen molar-refractivity contribution in [1.82, 2.24) is 14.7 Å². The normalized spacial score (nSPS) is 19.1. The fourth-order valence-corrected chi connectivity index (χ4v) is 4.42. The number of ether oxygens (including phenoxy) is 1. The topological polar surface area (TPSA) is 73.3 Å². The highest BCUT2D eigenvalue weighted by Gasteiger charge is 2.33. The molecule has 0 aromatic heterocycles. The molecular formula is C25H33N3O4. The van der Waals surface area contributed by atoms with E-state index < -0.39 is 6.10 Å². The van der Waals surface area contributed by atoms with Gasteiger partial charge in [0.1, 0.15) is 0 Å². The minimum atomic E-state index is -0.507. The number of nitrogens with zero attached hydrogens (tertiary/aromatic N) is 3. The van der Waals surface area contributed by atoms with Crippen LogP contribution in [0, 0.1) is 0 Å². The Labute approximate surface area is 189 Å². The van der Waals surface area contributed by atoms with Crippen LogP contribution in [0.5, 0.6) is 0 Å². The maximum absolute atomic E-state index is 13.0. The molecule has 1 N–H and O–H groups in total. The van der Waals surface area contributed by atoms with E-state index in [0.717, 1.165) is 37.0 Å². The van der Waals surface area contributed by atoms with Gasteiger partial charge in [-0.3, -0.25) is 24.3 Å². The molecule has 7 nitrogen and oxygen atoms in total. The number of β-amino-alcohol motifs (C(OH)–C–C–N with tert-alkyl or cyclic N) is 1. The zero-order valence-corrected chi connectivity index (χ0v) is 19.2. The Morgan fingerprint density at radius 2 is 1.47 bits per heavy atom. The maximum atomic E-state index is 13.0. The summed E-state index contributed by atoms with van der Waals surface area (Å²) in [7, 11) is 0. The lowest BCUT2D eigenvalue weighted by molar-refractivity contribution is -0.0586. The smallest absolute Gasteiger partial charge is 0.261 e. The van der Waals surface area contributed by atoms with Crippen LogP contribution < -0.4 is 0 Å². The van der Waals surface area contributed by atoms with Gasteiger partial charge in [0.15, 0.2) is 0 Å².